The topological polar surface area (TPSA) is 125 Å². The van der Waals surface area contributed by atoms with E-state index >= 15 is 0 Å². The molecule has 0 bridgehead atoms. The van der Waals surface area contributed by atoms with Crippen molar-refractivity contribution in [3.8, 4) is 0 Å². The third kappa shape index (κ3) is 6.97. The van der Waals surface area contributed by atoms with Gasteiger partial charge >= 0.3 is 12.1 Å². The molecule has 2 atom stereocenters. The summed E-state index contributed by atoms with van der Waals surface area (Å²) in [5, 5.41) is 15.5. The fraction of sp³-hybridized carbons (Fsp3) is 0.385. The molecule has 2 aromatic rings. The van der Waals surface area contributed by atoms with Crippen molar-refractivity contribution in [3.63, 3.8) is 0 Å². The van der Waals surface area contributed by atoms with Crippen molar-refractivity contribution in [2.24, 2.45) is 0 Å². The molecule has 36 heavy (non-hydrogen) atoms. The van der Waals surface area contributed by atoms with E-state index in [-0.39, 0.29) is 13.0 Å². The largest absolute Gasteiger partial charge is 0.465 e. The van der Waals surface area contributed by atoms with E-state index in [9.17, 15) is 24.3 Å². The summed E-state index contributed by atoms with van der Waals surface area (Å²) in [5.41, 5.74) is 2.04. The second-order valence-corrected chi connectivity index (χ2v) is 10.1. The summed E-state index contributed by atoms with van der Waals surface area (Å²) in [5.74, 6) is -2.00. The molecular weight excluding hydrogens is 486 g/mol. The predicted octanol–water partition coefficient (Wildman–Crippen LogP) is 3.91. The second kappa shape index (κ2) is 11.0. The van der Waals surface area contributed by atoms with Gasteiger partial charge in [0.25, 0.3) is 0 Å². The molecule has 0 fully saturated rings. The lowest BCUT2D eigenvalue weighted by atomic mass is 9.93. The summed E-state index contributed by atoms with van der Waals surface area (Å²) in [4.78, 5) is 51.9. The summed E-state index contributed by atoms with van der Waals surface area (Å²) < 4.78 is 5.34. The Kier molecular flexibility index (Phi) is 8.24. The lowest BCUT2D eigenvalue weighted by molar-refractivity contribution is -0.156. The average molecular weight is 516 g/mol. The number of anilines is 1. The van der Waals surface area contributed by atoms with Crippen LogP contribution in [0, 0.1) is 6.92 Å². The van der Waals surface area contributed by atoms with Crippen LogP contribution in [0.4, 0.5) is 10.5 Å². The van der Waals surface area contributed by atoms with Crippen LogP contribution in [0.1, 0.15) is 43.9 Å². The average Bonchev–Trinajstić information content (AvgIpc) is 2.78. The quantitative estimate of drug-likeness (QED) is 0.501. The second-order valence-electron chi connectivity index (χ2n) is 9.70. The molecule has 1 unspecified atom stereocenters. The van der Waals surface area contributed by atoms with Crippen molar-refractivity contribution in [2.45, 2.75) is 64.8 Å². The van der Waals surface area contributed by atoms with Crippen LogP contribution in [0.5, 0.6) is 0 Å². The number of aryl methyl sites for hydroxylation is 1. The van der Waals surface area contributed by atoms with Gasteiger partial charge in [-0.05, 0) is 62.6 Å². The van der Waals surface area contributed by atoms with Gasteiger partial charge < -0.3 is 20.5 Å². The third-order valence-corrected chi connectivity index (χ3v) is 6.07. The SMILES string of the molecule is Cc1cc(NC(=O)C(CC(=O)OC(C)(C)C)NC(=O)[C@@H]2Cc3ccccc3CN2C(=O)O)ccc1Cl. The van der Waals surface area contributed by atoms with Crippen LogP contribution in [0.25, 0.3) is 0 Å². The van der Waals surface area contributed by atoms with Crippen LogP contribution in [0.15, 0.2) is 42.5 Å². The molecule has 0 aromatic heterocycles. The molecule has 1 aliphatic heterocycles. The number of rotatable bonds is 6. The van der Waals surface area contributed by atoms with E-state index in [4.69, 9.17) is 16.3 Å². The van der Waals surface area contributed by atoms with Gasteiger partial charge in [0, 0.05) is 17.1 Å². The van der Waals surface area contributed by atoms with Gasteiger partial charge in [-0.3, -0.25) is 19.3 Å². The summed E-state index contributed by atoms with van der Waals surface area (Å²) in [6.45, 7) is 6.90. The van der Waals surface area contributed by atoms with E-state index in [1.54, 1.807) is 52.0 Å². The molecule has 2 aromatic carbocycles. The van der Waals surface area contributed by atoms with Gasteiger partial charge in [-0.1, -0.05) is 35.9 Å². The number of halogens is 1. The number of carbonyl (C=O) groups excluding carboxylic acids is 3. The highest BCUT2D eigenvalue weighted by Crippen LogP contribution is 2.24. The normalized spacial score (nSPS) is 15.9. The van der Waals surface area contributed by atoms with Crippen LogP contribution in [0.2, 0.25) is 5.02 Å². The standard InChI is InChI=1S/C26H30ClN3O6/c1-15-11-18(9-10-19(15)27)28-23(32)20(13-22(31)36-26(2,3)4)29-24(33)21-12-16-7-5-6-8-17(16)14-30(21)25(34)35/h5-11,20-21H,12-14H2,1-4H3,(H,28,32)(H,29,33)(H,34,35)/t20?,21-/m0/s1. The van der Waals surface area contributed by atoms with Gasteiger partial charge in [-0.2, -0.15) is 0 Å². The van der Waals surface area contributed by atoms with Gasteiger partial charge in [0.05, 0.1) is 13.0 Å². The monoisotopic (exact) mass is 515 g/mol. The fourth-order valence-corrected chi connectivity index (χ4v) is 4.05. The summed E-state index contributed by atoms with van der Waals surface area (Å²) in [6, 6.07) is 9.80. The first-order valence-corrected chi connectivity index (χ1v) is 11.9. The Hall–Kier alpha value is -3.59. The van der Waals surface area contributed by atoms with Crippen LogP contribution >= 0.6 is 11.6 Å². The van der Waals surface area contributed by atoms with Crippen molar-refractivity contribution in [1.29, 1.82) is 0 Å². The van der Waals surface area contributed by atoms with Crippen molar-refractivity contribution < 1.29 is 29.0 Å². The maximum atomic E-state index is 13.3. The maximum Gasteiger partial charge on any atom is 0.408 e. The lowest BCUT2D eigenvalue weighted by Crippen LogP contribution is -2.56. The Balaban J connectivity index is 1.83. The number of nitrogens with zero attached hydrogens (tertiary/aromatic N) is 1. The zero-order valence-corrected chi connectivity index (χ0v) is 21.4. The Morgan fingerprint density at radius 3 is 2.42 bits per heavy atom. The number of hydrogen-bond donors (Lipinski definition) is 3. The zero-order chi connectivity index (χ0) is 26.6. The lowest BCUT2D eigenvalue weighted by Gasteiger charge is -2.34. The van der Waals surface area contributed by atoms with E-state index in [1.807, 2.05) is 18.2 Å². The van der Waals surface area contributed by atoms with Gasteiger partial charge in [0.2, 0.25) is 11.8 Å². The number of carboxylic acid groups (broad SMARTS) is 1. The van der Waals surface area contributed by atoms with Crippen molar-refractivity contribution in [3.05, 3.63) is 64.2 Å². The first-order valence-electron chi connectivity index (χ1n) is 11.5. The van der Waals surface area contributed by atoms with E-state index < -0.39 is 48.0 Å². The van der Waals surface area contributed by atoms with Crippen LogP contribution in [0.3, 0.4) is 0 Å². The van der Waals surface area contributed by atoms with Crippen LogP contribution in [-0.2, 0) is 32.1 Å². The molecule has 3 amide bonds. The fourth-order valence-electron chi connectivity index (χ4n) is 3.94. The minimum absolute atomic E-state index is 0.0383. The first kappa shape index (κ1) is 27.0. The number of ether oxygens (including phenoxy) is 1. The number of amides is 3. The molecule has 9 nitrogen and oxygen atoms in total. The Morgan fingerprint density at radius 2 is 1.81 bits per heavy atom. The minimum Gasteiger partial charge on any atom is -0.465 e. The highest BCUT2D eigenvalue weighted by atomic mass is 35.5. The van der Waals surface area contributed by atoms with Crippen molar-refractivity contribution in [1.82, 2.24) is 10.2 Å². The number of carbonyl (C=O) groups is 4. The zero-order valence-electron chi connectivity index (χ0n) is 20.6. The smallest absolute Gasteiger partial charge is 0.408 e. The Bertz CT molecular complexity index is 1180. The van der Waals surface area contributed by atoms with Crippen LogP contribution < -0.4 is 10.6 Å². The first-order chi connectivity index (χ1) is 16.8. The van der Waals surface area contributed by atoms with Gasteiger partial charge in [0.1, 0.15) is 17.7 Å². The molecule has 3 N–H and O–H groups in total. The van der Waals surface area contributed by atoms with E-state index in [0.29, 0.717) is 10.7 Å². The highest BCUT2D eigenvalue weighted by molar-refractivity contribution is 6.31. The summed E-state index contributed by atoms with van der Waals surface area (Å²) in [7, 11) is 0. The molecule has 0 saturated heterocycles. The van der Waals surface area contributed by atoms with E-state index in [2.05, 4.69) is 10.6 Å². The molecular formula is C26H30ClN3O6. The molecule has 3 rings (SSSR count). The van der Waals surface area contributed by atoms with Crippen molar-refractivity contribution >= 4 is 41.2 Å². The number of esters is 1. The number of benzene rings is 2. The number of fused-ring (bicyclic) bond motifs is 1. The van der Waals surface area contributed by atoms with Crippen LogP contribution in [-0.4, -0.2) is 51.6 Å². The Morgan fingerprint density at radius 1 is 1.14 bits per heavy atom. The molecule has 1 aliphatic rings. The summed E-state index contributed by atoms with van der Waals surface area (Å²) in [6.07, 6.45) is -1.54. The molecule has 1 heterocycles. The third-order valence-electron chi connectivity index (χ3n) is 5.65. The van der Waals surface area contributed by atoms with Gasteiger partial charge in [0.15, 0.2) is 0 Å². The summed E-state index contributed by atoms with van der Waals surface area (Å²) >= 11 is 6.06. The molecule has 0 radical (unpaired) electrons. The van der Waals surface area contributed by atoms with E-state index in [0.717, 1.165) is 21.6 Å². The Labute approximate surface area is 214 Å². The molecule has 192 valence electrons. The highest BCUT2D eigenvalue weighted by Gasteiger charge is 2.37. The van der Waals surface area contributed by atoms with E-state index in [1.165, 1.54) is 0 Å². The van der Waals surface area contributed by atoms with Gasteiger partial charge in [-0.15, -0.1) is 0 Å². The molecule has 0 aliphatic carbocycles. The maximum absolute atomic E-state index is 13.3. The number of nitrogens with one attached hydrogen (secondary N) is 2. The molecule has 0 spiro atoms. The van der Waals surface area contributed by atoms with Gasteiger partial charge in [-0.25, -0.2) is 4.79 Å². The predicted molar refractivity (Wildman–Crippen MR) is 135 cm³/mol. The number of hydrogen-bond acceptors (Lipinski definition) is 5. The van der Waals surface area contributed by atoms with Crippen molar-refractivity contribution in [2.75, 3.05) is 5.32 Å². The molecule has 0 saturated carbocycles. The molecule has 10 heteroatoms. The minimum atomic E-state index is -1.30.